The lowest BCUT2D eigenvalue weighted by Gasteiger charge is -2.23. The standard InChI is InChI=1S/C21H18F6O2/c1-2-3-14-6-4-13(11-28-14)12-5-7-16(17(22)8-12)21(26,27)29-15-9-18(23)20(25)19(24)10-15/h5,7-11,14H,2-4,6H2,1H3. The summed E-state index contributed by atoms with van der Waals surface area (Å²) in [5.41, 5.74) is -0.0573. The van der Waals surface area contributed by atoms with Crippen LogP contribution in [0.5, 0.6) is 5.75 Å². The van der Waals surface area contributed by atoms with Gasteiger partial charge in [-0.25, -0.2) is 17.6 Å². The van der Waals surface area contributed by atoms with Crippen molar-refractivity contribution < 1.29 is 35.8 Å². The molecule has 1 aliphatic rings. The van der Waals surface area contributed by atoms with E-state index in [1.807, 2.05) is 6.92 Å². The summed E-state index contributed by atoms with van der Waals surface area (Å²) in [5.74, 6) is -7.44. The first-order valence-corrected chi connectivity index (χ1v) is 9.07. The van der Waals surface area contributed by atoms with Crippen LogP contribution in [-0.4, -0.2) is 6.10 Å². The molecule has 2 nitrogen and oxygen atoms in total. The zero-order valence-electron chi connectivity index (χ0n) is 15.5. The van der Waals surface area contributed by atoms with E-state index in [1.54, 1.807) is 0 Å². The molecule has 2 aromatic rings. The number of rotatable bonds is 6. The molecule has 8 heteroatoms. The van der Waals surface area contributed by atoms with Crippen LogP contribution in [-0.2, 0) is 10.8 Å². The normalized spacial score (nSPS) is 16.9. The van der Waals surface area contributed by atoms with Gasteiger partial charge >= 0.3 is 6.11 Å². The average Bonchev–Trinajstić information content (AvgIpc) is 2.66. The minimum absolute atomic E-state index is 0.0853. The zero-order valence-corrected chi connectivity index (χ0v) is 15.5. The van der Waals surface area contributed by atoms with Gasteiger partial charge in [0.2, 0.25) is 0 Å². The van der Waals surface area contributed by atoms with Crippen molar-refractivity contribution in [3.63, 3.8) is 0 Å². The van der Waals surface area contributed by atoms with Crippen LogP contribution in [0.25, 0.3) is 5.57 Å². The van der Waals surface area contributed by atoms with Crippen molar-refractivity contribution in [2.45, 2.75) is 44.8 Å². The minimum Gasteiger partial charge on any atom is -0.498 e. The summed E-state index contributed by atoms with van der Waals surface area (Å²) in [6.07, 6.45) is 0.579. The predicted molar refractivity (Wildman–Crippen MR) is 94.2 cm³/mol. The highest BCUT2D eigenvalue weighted by Crippen LogP contribution is 2.36. The van der Waals surface area contributed by atoms with Gasteiger partial charge in [-0.2, -0.15) is 8.78 Å². The van der Waals surface area contributed by atoms with Crippen LogP contribution in [0, 0.1) is 23.3 Å². The zero-order chi connectivity index (χ0) is 21.2. The topological polar surface area (TPSA) is 18.5 Å². The fraction of sp³-hybridized carbons (Fsp3) is 0.333. The molecule has 0 bridgehead atoms. The third kappa shape index (κ3) is 4.68. The summed E-state index contributed by atoms with van der Waals surface area (Å²) in [6.45, 7) is 2.04. The quantitative estimate of drug-likeness (QED) is 0.386. The molecule has 1 atom stereocenters. The average molecular weight is 416 g/mol. The predicted octanol–water partition coefficient (Wildman–Crippen LogP) is 6.69. The molecule has 29 heavy (non-hydrogen) atoms. The molecule has 0 saturated carbocycles. The Balaban J connectivity index is 1.80. The molecule has 3 rings (SSSR count). The summed E-state index contributed by atoms with van der Waals surface area (Å²) < 4.78 is 92.2. The van der Waals surface area contributed by atoms with Crippen LogP contribution in [0.15, 0.2) is 36.6 Å². The molecule has 2 aromatic carbocycles. The van der Waals surface area contributed by atoms with E-state index in [0.717, 1.165) is 31.4 Å². The highest BCUT2D eigenvalue weighted by atomic mass is 19.3. The van der Waals surface area contributed by atoms with Gasteiger partial charge in [-0.05, 0) is 42.5 Å². The van der Waals surface area contributed by atoms with Crippen LogP contribution in [0.4, 0.5) is 26.3 Å². The van der Waals surface area contributed by atoms with Crippen molar-refractivity contribution in [3.8, 4) is 5.75 Å². The maximum Gasteiger partial charge on any atom is 0.429 e. The Kier molecular flexibility index (Phi) is 6.10. The highest BCUT2D eigenvalue weighted by molar-refractivity contribution is 5.65. The maximum absolute atomic E-state index is 14.4. The van der Waals surface area contributed by atoms with Crippen molar-refractivity contribution in [1.82, 2.24) is 0 Å². The van der Waals surface area contributed by atoms with Crippen molar-refractivity contribution >= 4 is 5.57 Å². The van der Waals surface area contributed by atoms with E-state index >= 15 is 0 Å². The maximum atomic E-state index is 14.4. The van der Waals surface area contributed by atoms with Crippen molar-refractivity contribution in [2.24, 2.45) is 0 Å². The Hall–Kier alpha value is -2.64. The number of halogens is 6. The number of hydrogen-bond donors (Lipinski definition) is 0. The molecule has 0 aromatic heterocycles. The van der Waals surface area contributed by atoms with Gasteiger partial charge in [-0.15, -0.1) is 0 Å². The largest absolute Gasteiger partial charge is 0.498 e. The summed E-state index contributed by atoms with van der Waals surface area (Å²) >= 11 is 0. The first-order valence-electron chi connectivity index (χ1n) is 9.07. The van der Waals surface area contributed by atoms with E-state index in [9.17, 15) is 26.3 Å². The van der Waals surface area contributed by atoms with Gasteiger partial charge in [0.1, 0.15) is 11.6 Å². The first kappa shape index (κ1) is 21.1. The Morgan fingerprint density at radius 3 is 2.28 bits per heavy atom. The van der Waals surface area contributed by atoms with Gasteiger partial charge in [-0.3, -0.25) is 0 Å². The second-order valence-electron chi connectivity index (χ2n) is 6.74. The third-order valence-electron chi connectivity index (χ3n) is 4.61. The lowest BCUT2D eigenvalue weighted by atomic mass is 9.96. The van der Waals surface area contributed by atoms with Crippen LogP contribution in [0.3, 0.4) is 0 Å². The van der Waals surface area contributed by atoms with Gasteiger partial charge in [0.25, 0.3) is 0 Å². The molecule has 0 fully saturated rings. The third-order valence-corrected chi connectivity index (χ3v) is 4.61. The van der Waals surface area contributed by atoms with Crippen molar-refractivity contribution in [1.29, 1.82) is 0 Å². The summed E-state index contributed by atoms with van der Waals surface area (Å²) in [6, 6.07) is 3.56. The van der Waals surface area contributed by atoms with E-state index in [4.69, 9.17) is 4.74 Å². The lowest BCUT2D eigenvalue weighted by molar-refractivity contribution is -0.187. The van der Waals surface area contributed by atoms with Gasteiger partial charge < -0.3 is 9.47 Å². The minimum atomic E-state index is -4.23. The smallest absolute Gasteiger partial charge is 0.429 e. The van der Waals surface area contributed by atoms with Crippen LogP contribution in [0.1, 0.15) is 43.7 Å². The second-order valence-corrected chi connectivity index (χ2v) is 6.74. The molecule has 1 unspecified atom stereocenters. The van der Waals surface area contributed by atoms with E-state index in [2.05, 4.69) is 4.74 Å². The molecule has 0 radical (unpaired) electrons. The molecule has 0 aliphatic carbocycles. The number of benzene rings is 2. The second kappa shape index (κ2) is 8.39. The number of ether oxygens (including phenoxy) is 2. The van der Waals surface area contributed by atoms with Crippen LogP contribution < -0.4 is 4.74 Å². The molecule has 0 N–H and O–H groups in total. The van der Waals surface area contributed by atoms with Crippen LogP contribution >= 0.6 is 0 Å². The summed E-state index contributed by atoms with van der Waals surface area (Å²) in [5, 5.41) is 0. The molecule has 0 spiro atoms. The molecular formula is C21H18F6O2. The molecule has 0 amide bonds. The molecule has 156 valence electrons. The Bertz CT molecular complexity index is 902. The van der Waals surface area contributed by atoms with E-state index < -0.39 is 40.7 Å². The Labute approximate surface area is 163 Å². The van der Waals surface area contributed by atoms with E-state index in [0.29, 0.717) is 17.6 Å². The van der Waals surface area contributed by atoms with Gasteiger partial charge in [0, 0.05) is 12.1 Å². The van der Waals surface area contributed by atoms with Crippen LogP contribution in [0.2, 0.25) is 0 Å². The Morgan fingerprint density at radius 1 is 1.03 bits per heavy atom. The molecule has 1 aliphatic heterocycles. The van der Waals surface area contributed by atoms with Gasteiger partial charge in [0.05, 0.1) is 17.9 Å². The highest BCUT2D eigenvalue weighted by Gasteiger charge is 2.38. The molecule has 0 saturated heterocycles. The fourth-order valence-corrected chi connectivity index (χ4v) is 3.11. The number of alkyl halides is 2. The summed E-state index contributed by atoms with van der Waals surface area (Å²) in [7, 11) is 0. The SMILES string of the molecule is CCCC1CCC(c2ccc(C(F)(F)Oc3cc(F)c(F)c(F)c3)c(F)c2)=CO1. The van der Waals surface area contributed by atoms with Crippen molar-refractivity contribution in [3.05, 3.63) is 71.0 Å². The summed E-state index contributed by atoms with van der Waals surface area (Å²) in [4.78, 5) is 0. The fourth-order valence-electron chi connectivity index (χ4n) is 3.11. The van der Waals surface area contributed by atoms with Gasteiger partial charge in [-0.1, -0.05) is 19.4 Å². The van der Waals surface area contributed by atoms with E-state index in [-0.39, 0.29) is 18.2 Å². The Morgan fingerprint density at radius 2 is 1.72 bits per heavy atom. The van der Waals surface area contributed by atoms with E-state index in [1.165, 1.54) is 12.3 Å². The van der Waals surface area contributed by atoms with Crippen molar-refractivity contribution in [2.75, 3.05) is 0 Å². The molecular weight excluding hydrogens is 398 g/mol. The van der Waals surface area contributed by atoms with Gasteiger partial charge in [0.15, 0.2) is 17.5 Å². The lowest BCUT2D eigenvalue weighted by Crippen LogP contribution is -2.24. The molecule has 1 heterocycles. The number of allylic oxidation sites excluding steroid dienone is 1. The number of hydrogen-bond acceptors (Lipinski definition) is 2. The first-order chi connectivity index (χ1) is 13.7. The monoisotopic (exact) mass is 416 g/mol.